The predicted octanol–water partition coefficient (Wildman–Crippen LogP) is 7.47. The van der Waals surface area contributed by atoms with E-state index in [4.69, 9.17) is 28.7 Å². The van der Waals surface area contributed by atoms with Crippen LogP contribution in [0.3, 0.4) is 0 Å². The van der Waals surface area contributed by atoms with Gasteiger partial charge in [-0.05, 0) is 94.5 Å². The lowest BCUT2D eigenvalue weighted by Crippen LogP contribution is -2.40. The van der Waals surface area contributed by atoms with Crippen LogP contribution in [0.25, 0.3) is 16.8 Å². The Hall–Kier alpha value is -4.39. The molecule has 258 valence electrons. The summed E-state index contributed by atoms with van der Waals surface area (Å²) >= 11 is 8.56. The molecule has 50 heavy (non-hydrogen) atoms. The van der Waals surface area contributed by atoms with Crippen molar-refractivity contribution in [1.29, 1.82) is 0 Å². The molecule has 0 saturated heterocycles. The number of allylic oxidation sites excluding steroid dienone is 1. The molecule has 2 heterocycles. The molecule has 0 bridgehead atoms. The smallest absolute Gasteiger partial charge is 0.338 e. The fraction of sp³-hybridized carbons (Fsp3) is 0.237. The van der Waals surface area contributed by atoms with Crippen molar-refractivity contribution < 1.29 is 28.5 Å². The van der Waals surface area contributed by atoms with Gasteiger partial charge in [0.2, 0.25) is 0 Å². The van der Waals surface area contributed by atoms with Crippen LogP contribution in [0, 0.1) is 0 Å². The second-order valence-electron chi connectivity index (χ2n) is 11.2. The summed E-state index contributed by atoms with van der Waals surface area (Å²) in [5.41, 5.74) is 2.77. The molecular weight excluding hydrogens is 788 g/mol. The second kappa shape index (κ2) is 15.2. The van der Waals surface area contributed by atoms with Crippen molar-refractivity contribution >= 4 is 66.0 Å². The van der Waals surface area contributed by atoms with Crippen LogP contribution in [0.15, 0.2) is 96.7 Å². The van der Waals surface area contributed by atoms with Crippen LogP contribution in [-0.2, 0) is 16.1 Å². The largest absolute Gasteiger partial charge is 0.493 e. The topological polar surface area (TPSA) is 97.6 Å². The summed E-state index contributed by atoms with van der Waals surface area (Å²) in [6.07, 6.45) is 1.78. The summed E-state index contributed by atoms with van der Waals surface area (Å²) in [6, 6.07) is 20.7. The van der Waals surface area contributed by atoms with Crippen LogP contribution >= 0.6 is 43.2 Å². The van der Waals surface area contributed by atoms with Gasteiger partial charge in [-0.15, -0.1) is 0 Å². The zero-order valence-electron chi connectivity index (χ0n) is 28.0. The average molecular weight is 823 g/mol. The van der Waals surface area contributed by atoms with Gasteiger partial charge in [0.05, 0.1) is 53.8 Å². The van der Waals surface area contributed by atoms with Crippen LogP contribution in [0.4, 0.5) is 0 Å². The van der Waals surface area contributed by atoms with Crippen LogP contribution in [0.5, 0.6) is 23.0 Å². The maximum Gasteiger partial charge on any atom is 0.338 e. The van der Waals surface area contributed by atoms with Gasteiger partial charge < -0.3 is 23.7 Å². The number of benzene rings is 4. The highest BCUT2D eigenvalue weighted by Gasteiger charge is 2.35. The normalized spacial score (nSPS) is 14.3. The lowest BCUT2D eigenvalue weighted by atomic mass is 9.95. The summed E-state index contributed by atoms with van der Waals surface area (Å²) in [4.78, 5) is 32.9. The number of halogens is 2. The lowest BCUT2D eigenvalue weighted by molar-refractivity contribution is -0.139. The van der Waals surface area contributed by atoms with E-state index in [9.17, 15) is 9.59 Å². The maximum absolute atomic E-state index is 14.3. The van der Waals surface area contributed by atoms with E-state index in [2.05, 4.69) is 50.1 Å². The Morgan fingerprint density at radius 2 is 1.68 bits per heavy atom. The third kappa shape index (κ3) is 6.84. The quantitative estimate of drug-likeness (QED) is 0.128. The first kappa shape index (κ1) is 35.4. The SMILES string of the molecule is CCOC(=O)C1=C(C)N=c2s/c(=C/c3cc(Br)c(OCc4cccc5ccccc45)c(OC)c3)c(=O)n2[C@H]1c1cc(OC)c(OCC)cc1Br. The fourth-order valence-corrected chi connectivity index (χ4v) is 8.12. The number of ether oxygens (including phenoxy) is 5. The van der Waals surface area contributed by atoms with Gasteiger partial charge >= 0.3 is 5.97 Å². The lowest BCUT2D eigenvalue weighted by Gasteiger charge is -2.26. The summed E-state index contributed by atoms with van der Waals surface area (Å²) in [7, 11) is 3.12. The molecule has 0 fully saturated rings. The van der Waals surface area contributed by atoms with Gasteiger partial charge in [-0.1, -0.05) is 69.7 Å². The molecule has 0 N–H and O–H groups in total. The number of hydrogen-bond acceptors (Lipinski definition) is 9. The van der Waals surface area contributed by atoms with Gasteiger partial charge in [-0.2, -0.15) is 0 Å². The number of nitrogens with zero attached hydrogens (tertiary/aromatic N) is 2. The van der Waals surface area contributed by atoms with Crippen LogP contribution in [0.1, 0.15) is 43.5 Å². The number of aromatic nitrogens is 1. The molecule has 5 aromatic rings. The molecular formula is C38H34Br2N2O7S. The summed E-state index contributed by atoms with van der Waals surface area (Å²) in [5, 5.41) is 2.25. The molecule has 0 saturated carbocycles. The second-order valence-corrected chi connectivity index (χ2v) is 13.9. The van der Waals surface area contributed by atoms with Gasteiger partial charge in [-0.25, -0.2) is 9.79 Å². The minimum atomic E-state index is -0.850. The van der Waals surface area contributed by atoms with E-state index < -0.39 is 12.0 Å². The van der Waals surface area contributed by atoms with E-state index >= 15 is 0 Å². The minimum Gasteiger partial charge on any atom is -0.493 e. The Bertz CT molecular complexity index is 2330. The maximum atomic E-state index is 14.3. The van der Waals surface area contributed by atoms with Gasteiger partial charge in [-0.3, -0.25) is 9.36 Å². The molecule has 0 spiro atoms. The molecule has 1 atom stereocenters. The van der Waals surface area contributed by atoms with Gasteiger partial charge in [0.15, 0.2) is 27.8 Å². The molecule has 12 heteroatoms. The standard InChI is InChI=1S/C38H34Br2N2O7S/c1-6-47-30-19-27(39)26(18-29(30)45-4)34-33(37(44)48-7-2)21(3)41-38-42(34)36(43)32(50-38)17-22-15-28(40)35(31(16-22)46-5)49-20-24-13-10-12-23-11-8-9-14-25(23)24/h8-19,34H,6-7,20H2,1-5H3/b32-17+/t34-/m0/s1. The van der Waals surface area contributed by atoms with Gasteiger partial charge in [0.25, 0.3) is 5.56 Å². The Kier molecular flexibility index (Phi) is 10.8. The molecule has 0 amide bonds. The van der Waals surface area contributed by atoms with Gasteiger partial charge in [0.1, 0.15) is 6.61 Å². The Balaban J connectivity index is 1.43. The monoisotopic (exact) mass is 820 g/mol. The minimum absolute atomic E-state index is 0.166. The summed E-state index contributed by atoms with van der Waals surface area (Å²) < 4.78 is 32.2. The molecule has 9 nitrogen and oxygen atoms in total. The van der Waals surface area contributed by atoms with E-state index in [1.165, 1.54) is 15.9 Å². The predicted molar refractivity (Wildman–Crippen MR) is 201 cm³/mol. The summed E-state index contributed by atoms with van der Waals surface area (Å²) in [6.45, 7) is 6.30. The number of methoxy groups -OCH3 is 2. The molecule has 6 rings (SSSR count). The van der Waals surface area contributed by atoms with Crippen molar-refractivity contribution in [2.24, 2.45) is 4.99 Å². The average Bonchev–Trinajstić information content (AvgIpc) is 3.40. The highest BCUT2D eigenvalue weighted by atomic mass is 79.9. The molecule has 1 aliphatic heterocycles. The first-order chi connectivity index (χ1) is 24.2. The molecule has 0 aliphatic carbocycles. The van der Waals surface area contributed by atoms with Crippen LogP contribution in [0.2, 0.25) is 0 Å². The van der Waals surface area contributed by atoms with E-state index in [0.717, 1.165) is 16.3 Å². The van der Waals surface area contributed by atoms with E-state index in [0.29, 0.717) is 71.3 Å². The number of rotatable bonds is 11. The Morgan fingerprint density at radius 1 is 0.920 bits per heavy atom. The zero-order chi connectivity index (χ0) is 35.5. The van der Waals surface area contributed by atoms with Crippen molar-refractivity contribution in [1.82, 2.24) is 4.57 Å². The third-order valence-electron chi connectivity index (χ3n) is 8.20. The Labute approximate surface area is 309 Å². The number of carbonyl (C=O) groups excluding carboxylic acids is 1. The molecule has 4 aromatic carbocycles. The first-order valence-electron chi connectivity index (χ1n) is 15.9. The van der Waals surface area contributed by atoms with Gasteiger partial charge in [0, 0.05) is 4.47 Å². The van der Waals surface area contributed by atoms with Crippen LogP contribution in [-0.4, -0.2) is 38.0 Å². The first-order valence-corrected chi connectivity index (χ1v) is 18.3. The summed E-state index contributed by atoms with van der Waals surface area (Å²) in [5.74, 6) is 1.48. The van der Waals surface area contributed by atoms with Crippen molar-refractivity contribution in [2.75, 3.05) is 27.4 Å². The molecule has 0 radical (unpaired) electrons. The fourth-order valence-electron chi connectivity index (χ4n) is 5.96. The van der Waals surface area contributed by atoms with Crippen molar-refractivity contribution in [2.45, 2.75) is 33.4 Å². The third-order valence-corrected chi connectivity index (χ3v) is 10.5. The number of carbonyl (C=O) groups is 1. The number of esters is 1. The number of thiazole rings is 1. The van der Waals surface area contributed by atoms with Crippen molar-refractivity contribution in [3.8, 4) is 23.0 Å². The number of fused-ring (bicyclic) bond motifs is 2. The highest BCUT2D eigenvalue weighted by molar-refractivity contribution is 9.10. The molecule has 1 aliphatic rings. The molecule has 0 unspecified atom stereocenters. The molecule has 1 aromatic heterocycles. The van der Waals surface area contributed by atoms with Crippen molar-refractivity contribution in [3.05, 3.63) is 123 Å². The van der Waals surface area contributed by atoms with Crippen LogP contribution < -0.4 is 33.8 Å². The van der Waals surface area contributed by atoms with E-state index in [1.54, 1.807) is 46.3 Å². The highest BCUT2D eigenvalue weighted by Crippen LogP contribution is 2.41. The van der Waals surface area contributed by atoms with E-state index in [1.807, 2.05) is 43.3 Å². The van der Waals surface area contributed by atoms with E-state index in [-0.39, 0.29) is 17.7 Å². The Morgan fingerprint density at radius 3 is 2.42 bits per heavy atom. The zero-order valence-corrected chi connectivity index (χ0v) is 32.0. The number of hydrogen-bond donors (Lipinski definition) is 0. The van der Waals surface area contributed by atoms with Crippen molar-refractivity contribution in [3.63, 3.8) is 0 Å².